The number of nitrogens with zero attached hydrogens (tertiary/aromatic N) is 2. The van der Waals surface area contributed by atoms with Crippen molar-refractivity contribution in [2.45, 2.75) is 18.9 Å². The molecule has 1 aliphatic rings. The summed E-state index contributed by atoms with van der Waals surface area (Å²) in [7, 11) is 4.09. The maximum atomic E-state index is 11.0. The van der Waals surface area contributed by atoms with E-state index in [-0.39, 0.29) is 5.91 Å². The van der Waals surface area contributed by atoms with E-state index in [1.807, 2.05) is 14.1 Å². The molecule has 16 heavy (non-hydrogen) atoms. The van der Waals surface area contributed by atoms with E-state index in [0.717, 1.165) is 39.0 Å². The van der Waals surface area contributed by atoms with Gasteiger partial charge in [0.25, 0.3) is 0 Å². The third-order valence-electron chi connectivity index (χ3n) is 3.02. The fourth-order valence-electron chi connectivity index (χ4n) is 2.09. The molecule has 1 aliphatic heterocycles. The number of nitrogens with one attached hydrogen (secondary N) is 1. The average Bonchev–Trinajstić information content (AvgIpc) is 2.25. The van der Waals surface area contributed by atoms with Gasteiger partial charge in [0.1, 0.15) is 0 Å². The summed E-state index contributed by atoms with van der Waals surface area (Å²) in [6.45, 7) is 4.36. The number of primary amides is 1. The first kappa shape index (κ1) is 13.4. The van der Waals surface area contributed by atoms with Gasteiger partial charge in [0.2, 0.25) is 5.91 Å². The Morgan fingerprint density at radius 3 is 2.44 bits per heavy atom. The fourth-order valence-corrected chi connectivity index (χ4v) is 2.09. The minimum atomic E-state index is -0.225. The first-order valence-corrected chi connectivity index (χ1v) is 5.97. The van der Waals surface area contributed by atoms with E-state index in [2.05, 4.69) is 15.1 Å². The van der Waals surface area contributed by atoms with Gasteiger partial charge in [-0.05, 0) is 40.0 Å². The van der Waals surface area contributed by atoms with E-state index in [1.54, 1.807) is 0 Å². The molecule has 0 spiro atoms. The Balaban J connectivity index is 2.44. The zero-order valence-corrected chi connectivity index (χ0v) is 10.4. The first-order valence-electron chi connectivity index (χ1n) is 5.97. The Bertz CT molecular complexity index is 214. The van der Waals surface area contributed by atoms with Crippen LogP contribution in [-0.4, -0.2) is 68.6 Å². The molecule has 0 radical (unpaired) electrons. The highest BCUT2D eigenvalue weighted by molar-refractivity contribution is 5.75. The molecule has 0 atom stereocenters. The van der Waals surface area contributed by atoms with Crippen molar-refractivity contribution in [3.05, 3.63) is 0 Å². The first-order chi connectivity index (χ1) is 7.59. The Hall–Kier alpha value is -0.650. The van der Waals surface area contributed by atoms with E-state index in [4.69, 9.17) is 5.73 Å². The molecule has 1 heterocycles. The summed E-state index contributed by atoms with van der Waals surface area (Å²) >= 11 is 0. The lowest BCUT2D eigenvalue weighted by atomic mass is 10.0. The number of piperidine rings is 1. The van der Waals surface area contributed by atoms with Crippen molar-refractivity contribution in [3.63, 3.8) is 0 Å². The fraction of sp³-hybridized carbons (Fsp3) is 0.909. The summed E-state index contributed by atoms with van der Waals surface area (Å²) in [4.78, 5) is 15.4. The lowest BCUT2D eigenvalue weighted by molar-refractivity contribution is -0.119. The predicted octanol–water partition coefficient (Wildman–Crippen LogP) is -0.913. The number of hydrogen-bond acceptors (Lipinski definition) is 4. The molecule has 0 bridgehead atoms. The van der Waals surface area contributed by atoms with Crippen LogP contribution in [0.2, 0.25) is 0 Å². The number of likely N-dealkylation sites (N-methyl/N-ethyl adjacent to an activating group) is 1. The van der Waals surface area contributed by atoms with Gasteiger partial charge >= 0.3 is 0 Å². The highest BCUT2D eigenvalue weighted by Crippen LogP contribution is 2.11. The van der Waals surface area contributed by atoms with Crippen LogP contribution in [0.4, 0.5) is 0 Å². The molecule has 1 fully saturated rings. The van der Waals surface area contributed by atoms with Crippen LogP contribution in [0.25, 0.3) is 0 Å². The SMILES string of the molecule is CN(C)CCN(CC(N)=O)C1CCNCC1. The number of nitrogens with two attached hydrogens (primary N) is 1. The van der Waals surface area contributed by atoms with Crippen LogP contribution in [-0.2, 0) is 4.79 Å². The van der Waals surface area contributed by atoms with Crippen LogP contribution in [0.5, 0.6) is 0 Å². The number of rotatable bonds is 6. The summed E-state index contributed by atoms with van der Waals surface area (Å²) < 4.78 is 0. The van der Waals surface area contributed by atoms with Gasteiger partial charge in [-0.1, -0.05) is 0 Å². The van der Waals surface area contributed by atoms with Crippen molar-refractivity contribution in [2.75, 3.05) is 46.8 Å². The maximum absolute atomic E-state index is 11.0. The van der Waals surface area contributed by atoms with Gasteiger partial charge in [0.15, 0.2) is 0 Å². The smallest absolute Gasteiger partial charge is 0.231 e. The molecule has 94 valence electrons. The van der Waals surface area contributed by atoms with Crippen LogP contribution in [0.15, 0.2) is 0 Å². The minimum Gasteiger partial charge on any atom is -0.369 e. The Morgan fingerprint density at radius 1 is 1.31 bits per heavy atom. The van der Waals surface area contributed by atoms with Crippen LogP contribution < -0.4 is 11.1 Å². The third-order valence-corrected chi connectivity index (χ3v) is 3.02. The van der Waals surface area contributed by atoms with Gasteiger partial charge in [-0.3, -0.25) is 9.69 Å². The van der Waals surface area contributed by atoms with Gasteiger partial charge in [-0.2, -0.15) is 0 Å². The van der Waals surface area contributed by atoms with Gasteiger partial charge < -0.3 is 16.0 Å². The molecule has 1 amide bonds. The Labute approximate surface area is 98.0 Å². The molecule has 0 aromatic heterocycles. The highest BCUT2D eigenvalue weighted by Gasteiger charge is 2.21. The molecule has 0 aliphatic carbocycles. The van der Waals surface area contributed by atoms with Crippen LogP contribution in [0.3, 0.4) is 0 Å². The second-order valence-electron chi connectivity index (χ2n) is 4.72. The topological polar surface area (TPSA) is 61.6 Å². The monoisotopic (exact) mass is 228 g/mol. The van der Waals surface area contributed by atoms with E-state index in [9.17, 15) is 4.79 Å². The number of carbonyl (C=O) groups excluding carboxylic acids is 1. The Kier molecular flexibility index (Phi) is 5.73. The third kappa shape index (κ3) is 4.92. The molecular weight excluding hydrogens is 204 g/mol. The summed E-state index contributed by atoms with van der Waals surface area (Å²) in [5.41, 5.74) is 5.30. The molecule has 5 nitrogen and oxygen atoms in total. The molecular formula is C11H24N4O. The quantitative estimate of drug-likeness (QED) is 0.618. The Morgan fingerprint density at radius 2 is 1.94 bits per heavy atom. The van der Waals surface area contributed by atoms with E-state index >= 15 is 0 Å². The van der Waals surface area contributed by atoms with Crippen molar-refractivity contribution in [2.24, 2.45) is 5.73 Å². The highest BCUT2D eigenvalue weighted by atomic mass is 16.1. The summed E-state index contributed by atoms with van der Waals surface area (Å²) in [5.74, 6) is -0.225. The zero-order chi connectivity index (χ0) is 12.0. The van der Waals surface area contributed by atoms with Crippen molar-refractivity contribution in [1.29, 1.82) is 0 Å². The average molecular weight is 228 g/mol. The van der Waals surface area contributed by atoms with Gasteiger partial charge in [-0.25, -0.2) is 0 Å². The number of hydrogen-bond donors (Lipinski definition) is 2. The molecule has 0 unspecified atom stereocenters. The van der Waals surface area contributed by atoms with Crippen molar-refractivity contribution in [3.8, 4) is 0 Å². The molecule has 0 aromatic carbocycles. The van der Waals surface area contributed by atoms with Crippen LogP contribution in [0, 0.1) is 0 Å². The van der Waals surface area contributed by atoms with Gasteiger partial charge in [-0.15, -0.1) is 0 Å². The van der Waals surface area contributed by atoms with Gasteiger partial charge in [0, 0.05) is 19.1 Å². The standard InChI is InChI=1S/C11H24N4O/c1-14(2)7-8-15(9-11(12)16)10-3-5-13-6-4-10/h10,13H,3-9H2,1-2H3,(H2,12,16). The summed E-state index contributed by atoms with van der Waals surface area (Å²) in [6.07, 6.45) is 2.22. The van der Waals surface area contributed by atoms with E-state index in [0.29, 0.717) is 12.6 Å². The molecule has 0 aromatic rings. The van der Waals surface area contributed by atoms with Crippen molar-refractivity contribution >= 4 is 5.91 Å². The normalized spacial score (nSPS) is 18.2. The number of amides is 1. The van der Waals surface area contributed by atoms with Crippen LogP contribution >= 0.6 is 0 Å². The van der Waals surface area contributed by atoms with Crippen molar-refractivity contribution < 1.29 is 4.79 Å². The minimum absolute atomic E-state index is 0.225. The van der Waals surface area contributed by atoms with E-state index in [1.165, 1.54) is 0 Å². The summed E-state index contributed by atoms with van der Waals surface area (Å²) in [6, 6.07) is 0.508. The molecule has 1 rings (SSSR count). The lowest BCUT2D eigenvalue weighted by Gasteiger charge is -2.34. The van der Waals surface area contributed by atoms with Crippen LogP contribution in [0.1, 0.15) is 12.8 Å². The molecule has 5 heteroatoms. The zero-order valence-electron chi connectivity index (χ0n) is 10.4. The molecule has 3 N–H and O–H groups in total. The van der Waals surface area contributed by atoms with Crippen molar-refractivity contribution in [1.82, 2.24) is 15.1 Å². The van der Waals surface area contributed by atoms with E-state index < -0.39 is 0 Å². The van der Waals surface area contributed by atoms with Gasteiger partial charge in [0.05, 0.1) is 6.54 Å². The second kappa shape index (κ2) is 6.83. The lowest BCUT2D eigenvalue weighted by Crippen LogP contribution is -2.48. The molecule has 1 saturated heterocycles. The maximum Gasteiger partial charge on any atom is 0.231 e. The number of carbonyl (C=O) groups is 1. The molecule has 0 saturated carbocycles. The predicted molar refractivity (Wildman–Crippen MR) is 65.2 cm³/mol. The largest absolute Gasteiger partial charge is 0.369 e. The second-order valence-corrected chi connectivity index (χ2v) is 4.72. The summed E-state index contributed by atoms with van der Waals surface area (Å²) in [5, 5.41) is 3.33.